The number of amides is 1. The van der Waals surface area contributed by atoms with E-state index in [1.807, 2.05) is 30.3 Å². The molecule has 1 aromatic rings. The largest absolute Gasteiger partial charge is 0.465 e. The molecule has 0 aromatic heterocycles. The summed E-state index contributed by atoms with van der Waals surface area (Å²) in [6.45, 7) is 5.33. The topological polar surface area (TPSA) is 153 Å². The molecule has 1 saturated heterocycles. The molecule has 5 atom stereocenters. The Morgan fingerprint density at radius 3 is 2.05 bits per heavy atom. The Balaban J connectivity index is 1.85. The van der Waals surface area contributed by atoms with E-state index >= 15 is 0 Å². The molecule has 1 fully saturated rings. The van der Waals surface area contributed by atoms with Crippen LogP contribution in [-0.4, -0.2) is 74.1 Å². The van der Waals surface area contributed by atoms with Crippen molar-refractivity contribution in [3.8, 4) is 0 Å². The lowest BCUT2D eigenvalue weighted by molar-refractivity contribution is -0.185. The maximum atomic E-state index is 12.1. The zero-order valence-corrected chi connectivity index (χ0v) is 25.5. The van der Waals surface area contributed by atoms with Crippen LogP contribution in [0.5, 0.6) is 0 Å². The van der Waals surface area contributed by atoms with E-state index in [0.717, 1.165) is 37.7 Å². The third kappa shape index (κ3) is 14.5. The van der Waals surface area contributed by atoms with Crippen LogP contribution in [0.25, 0.3) is 0 Å². The molecule has 0 unspecified atom stereocenters. The van der Waals surface area contributed by atoms with Crippen LogP contribution in [0.1, 0.15) is 78.2 Å². The van der Waals surface area contributed by atoms with Crippen molar-refractivity contribution in [1.29, 1.82) is 0 Å². The van der Waals surface area contributed by atoms with Gasteiger partial charge >= 0.3 is 23.9 Å². The van der Waals surface area contributed by atoms with E-state index in [4.69, 9.17) is 28.4 Å². The van der Waals surface area contributed by atoms with E-state index in [0.29, 0.717) is 19.4 Å². The van der Waals surface area contributed by atoms with Gasteiger partial charge in [-0.3, -0.25) is 24.0 Å². The minimum Gasteiger partial charge on any atom is -0.465 e. The van der Waals surface area contributed by atoms with Crippen LogP contribution in [0.4, 0.5) is 0 Å². The average Bonchev–Trinajstić information content (AvgIpc) is 3.06. The number of esters is 4. The van der Waals surface area contributed by atoms with Gasteiger partial charge in [0, 0.05) is 40.7 Å². The Bertz CT molecular complexity index is 1030. The fourth-order valence-electron chi connectivity index (χ4n) is 4.72. The molecule has 1 N–H and O–H groups in total. The lowest BCUT2D eigenvalue weighted by Gasteiger charge is -2.34. The van der Waals surface area contributed by atoms with E-state index in [9.17, 15) is 24.0 Å². The summed E-state index contributed by atoms with van der Waals surface area (Å²) in [7, 11) is 0. The molecule has 1 aliphatic rings. The average molecular weight is 608 g/mol. The Kier molecular flexibility index (Phi) is 16.3. The van der Waals surface area contributed by atoms with E-state index in [1.165, 1.54) is 27.7 Å². The molecule has 1 amide bonds. The van der Waals surface area contributed by atoms with Gasteiger partial charge in [0.15, 0.2) is 12.4 Å². The van der Waals surface area contributed by atoms with Gasteiger partial charge in [-0.1, -0.05) is 56.0 Å². The van der Waals surface area contributed by atoms with Crippen LogP contribution >= 0.6 is 0 Å². The van der Waals surface area contributed by atoms with Crippen molar-refractivity contribution in [3.63, 3.8) is 0 Å². The minimum atomic E-state index is -1.15. The first-order valence-electron chi connectivity index (χ1n) is 14.7. The second-order valence-electron chi connectivity index (χ2n) is 10.5. The van der Waals surface area contributed by atoms with Crippen molar-refractivity contribution in [2.75, 3.05) is 19.8 Å². The monoisotopic (exact) mass is 607 g/mol. The Morgan fingerprint density at radius 2 is 1.42 bits per heavy atom. The molecule has 0 bridgehead atoms. The number of hydrogen-bond donors (Lipinski definition) is 1. The van der Waals surface area contributed by atoms with Crippen LogP contribution in [0.15, 0.2) is 30.3 Å². The molecule has 43 heavy (non-hydrogen) atoms. The van der Waals surface area contributed by atoms with Gasteiger partial charge in [0.2, 0.25) is 5.91 Å². The van der Waals surface area contributed by atoms with Crippen LogP contribution in [-0.2, 0) is 59.0 Å². The zero-order valence-electron chi connectivity index (χ0n) is 25.5. The summed E-state index contributed by atoms with van der Waals surface area (Å²) in [5.74, 6) is -3.15. The van der Waals surface area contributed by atoms with Gasteiger partial charge in [-0.25, -0.2) is 0 Å². The highest BCUT2D eigenvalue weighted by Crippen LogP contribution is 2.27. The summed E-state index contributed by atoms with van der Waals surface area (Å²) in [6, 6.07) is 8.57. The summed E-state index contributed by atoms with van der Waals surface area (Å²) >= 11 is 0. The Labute approximate surface area is 253 Å². The first-order chi connectivity index (χ1) is 20.6. The number of ether oxygens (including phenoxy) is 6. The molecule has 0 radical (unpaired) electrons. The van der Waals surface area contributed by atoms with Crippen LogP contribution in [0.2, 0.25) is 0 Å². The maximum Gasteiger partial charge on any atom is 0.306 e. The molecule has 240 valence electrons. The Morgan fingerprint density at radius 1 is 0.791 bits per heavy atom. The smallest absolute Gasteiger partial charge is 0.306 e. The van der Waals surface area contributed by atoms with Crippen molar-refractivity contribution in [2.24, 2.45) is 5.92 Å². The summed E-state index contributed by atoms with van der Waals surface area (Å²) in [5, 5.41) is 2.72. The molecule has 1 aliphatic heterocycles. The summed E-state index contributed by atoms with van der Waals surface area (Å²) in [4.78, 5) is 59.5. The number of nitrogens with one attached hydrogen (secondary N) is 1. The molecule has 12 nitrogen and oxygen atoms in total. The highest BCUT2D eigenvalue weighted by atomic mass is 16.7. The highest BCUT2D eigenvalue weighted by molar-refractivity contribution is 5.73. The molecule has 1 heterocycles. The van der Waals surface area contributed by atoms with Gasteiger partial charge in [0.1, 0.15) is 18.8 Å². The molecule has 0 aliphatic carbocycles. The minimum absolute atomic E-state index is 0.0441. The van der Waals surface area contributed by atoms with E-state index < -0.39 is 54.3 Å². The molecule has 1 aromatic carbocycles. The third-order valence-electron chi connectivity index (χ3n) is 6.68. The normalized spacial score (nSPS) is 21.6. The zero-order chi connectivity index (χ0) is 31.6. The lowest BCUT2D eigenvalue weighted by atomic mass is 9.95. The summed E-state index contributed by atoms with van der Waals surface area (Å²) < 4.78 is 33.5. The maximum absolute atomic E-state index is 12.1. The quantitative estimate of drug-likeness (QED) is 0.158. The van der Waals surface area contributed by atoms with E-state index in [2.05, 4.69) is 5.32 Å². The summed E-state index contributed by atoms with van der Waals surface area (Å²) in [5.41, 5.74) is 0.962. The van der Waals surface area contributed by atoms with Gasteiger partial charge in [0.25, 0.3) is 0 Å². The van der Waals surface area contributed by atoms with E-state index in [-0.39, 0.29) is 25.8 Å². The van der Waals surface area contributed by atoms with Gasteiger partial charge in [-0.2, -0.15) is 0 Å². The predicted molar refractivity (Wildman–Crippen MR) is 153 cm³/mol. The molecule has 0 spiro atoms. The van der Waals surface area contributed by atoms with Crippen LogP contribution in [0, 0.1) is 5.92 Å². The van der Waals surface area contributed by atoms with Crippen molar-refractivity contribution in [1.82, 2.24) is 5.32 Å². The number of carbonyl (C=O) groups is 5. The van der Waals surface area contributed by atoms with Crippen molar-refractivity contribution >= 4 is 29.8 Å². The van der Waals surface area contributed by atoms with Gasteiger partial charge < -0.3 is 33.7 Å². The fourth-order valence-corrected chi connectivity index (χ4v) is 4.72. The van der Waals surface area contributed by atoms with Gasteiger partial charge in [-0.05, 0) is 18.4 Å². The second kappa shape index (κ2) is 19.6. The second-order valence-corrected chi connectivity index (χ2v) is 10.5. The van der Waals surface area contributed by atoms with Gasteiger partial charge in [-0.15, -0.1) is 0 Å². The van der Waals surface area contributed by atoms with E-state index in [1.54, 1.807) is 0 Å². The summed E-state index contributed by atoms with van der Waals surface area (Å²) in [6.07, 6.45) is 2.28. The number of carbonyl (C=O) groups excluding carboxylic acids is 5. The van der Waals surface area contributed by atoms with Crippen LogP contribution < -0.4 is 5.32 Å². The first kappa shape index (κ1) is 35.7. The van der Waals surface area contributed by atoms with Crippen molar-refractivity contribution in [2.45, 2.75) is 104 Å². The first-order valence-corrected chi connectivity index (χ1v) is 14.7. The standard InChI is InChI=1S/C31H45NO11/c1-21(33)32-28-30(43-24(4)36)29(42-23(3)35)26(19-39-22(2)34)20-41-31(28)38-17-13-8-6-5-7-12-16-27(37)40-18-25-14-10-9-11-15-25/h9-11,14-15,26,28-31H,5-8,12-13,16-20H2,1-4H3,(H,32,33)/t26-,28+,29+,30+,31+/m0/s1. The molecular weight excluding hydrogens is 562 g/mol. The SMILES string of the molecule is CC(=O)N[C@H]1[C@H](OCCCCCCCCC(=O)OCc2ccccc2)OC[C@H](COC(C)=O)[C@@H](OC(C)=O)[C@@H]1OC(C)=O. The molecule has 12 heteroatoms. The molecular formula is C31H45NO11. The lowest BCUT2D eigenvalue weighted by Crippen LogP contribution is -2.57. The van der Waals surface area contributed by atoms with Crippen LogP contribution in [0.3, 0.4) is 0 Å². The van der Waals surface area contributed by atoms with Crippen molar-refractivity contribution < 1.29 is 52.4 Å². The molecule has 0 saturated carbocycles. The fraction of sp³-hybridized carbons (Fsp3) is 0.645. The third-order valence-corrected chi connectivity index (χ3v) is 6.68. The Hall–Kier alpha value is -3.51. The van der Waals surface area contributed by atoms with Crippen molar-refractivity contribution in [3.05, 3.63) is 35.9 Å². The molecule has 2 rings (SSSR count). The van der Waals surface area contributed by atoms with Gasteiger partial charge in [0.05, 0.1) is 19.1 Å². The number of hydrogen-bond acceptors (Lipinski definition) is 11. The highest BCUT2D eigenvalue weighted by Gasteiger charge is 2.48. The number of benzene rings is 1. The number of unbranched alkanes of at least 4 members (excludes halogenated alkanes) is 5. The predicted octanol–water partition coefficient (Wildman–Crippen LogP) is 3.38. The number of rotatable bonds is 17.